The average Bonchev–Trinajstić information content (AvgIpc) is 2.16. The fourth-order valence-corrected chi connectivity index (χ4v) is 1.02. The van der Waals surface area contributed by atoms with Crippen LogP contribution in [0.3, 0.4) is 0 Å². The zero-order valence-electron chi connectivity index (χ0n) is 7.35. The van der Waals surface area contributed by atoms with Gasteiger partial charge in [-0.15, -0.1) is 0 Å². The van der Waals surface area contributed by atoms with E-state index in [1.54, 1.807) is 0 Å². The lowest BCUT2D eigenvalue weighted by Crippen LogP contribution is -2.01. The van der Waals surface area contributed by atoms with Gasteiger partial charge >= 0.3 is 11.8 Å². The van der Waals surface area contributed by atoms with Crippen LogP contribution in [0.4, 0.5) is 5.95 Å². The third-order valence-electron chi connectivity index (χ3n) is 1.34. The number of hydrogen-bond donors (Lipinski definition) is 0. The highest BCUT2D eigenvalue weighted by molar-refractivity contribution is 6.31. The molecular weight excluding hydrogens is 214 g/mol. The molecule has 0 saturated heterocycles. The van der Waals surface area contributed by atoms with Crippen LogP contribution in [0.1, 0.15) is 0 Å². The number of hydrogen-bond acceptors (Lipinski definition) is 6. The number of nitrogens with zero attached hydrogens (tertiary/aromatic N) is 3. The molecule has 76 valence electrons. The molecule has 0 radical (unpaired) electrons. The van der Waals surface area contributed by atoms with E-state index in [1.807, 2.05) is 0 Å². The topological polar surface area (TPSA) is 87.4 Å². The minimum Gasteiger partial charge on any atom is -0.487 e. The lowest BCUT2D eigenvalue weighted by molar-refractivity contribution is -0.394. The maximum Gasteiger partial charge on any atom is 0.474 e. The first-order valence-corrected chi connectivity index (χ1v) is 3.77. The molecule has 1 aromatic heterocycles. The van der Waals surface area contributed by atoms with Crippen molar-refractivity contribution >= 4 is 17.5 Å². The van der Waals surface area contributed by atoms with Gasteiger partial charge < -0.3 is 19.6 Å². The van der Waals surface area contributed by atoms with Gasteiger partial charge in [0.1, 0.15) is 0 Å². The summed E-state index contributed by atoms with van der Waals surface area (Å²) in [5, 5.41) is 10.2. The van der Waals surface area contributed by atoms with Crippen LogP contribution >= 0.6 is 11.6 Å². The van der Waals surface area contributed by atoms with E-state index in [0.717, 1.165) is 0 Å². The number of ether oxygens (including phenoxy) is 2. The van der Waals surface area contributed by atoms with Crippen LogP contribution in [-0.2, 0) is 0 Å². The van der Waals surface area contributed by atoms with Crippen molar-refractivity contribution in [1.29, 1.82) is 0 Å². The zero-order valence-corrected chi connectivity index (χ0v) is 8.11. The van der Waals surface area contributed by atoms with Crippen LogP contribution in [0.5, 0.6) is 11.6 Å². The summed E-state index contributed by atoms with van der Waals surface area (Å²) in [7, 11) is 2.63. The van der Waals surface area contributed by atoms with E-state index in [1.165, 1.54) is 14.2 Å². The van der Waals surface area contributed by atoms with Crippen molar-refractivity contribution in [2.45, 2.75) is 0 Å². The molecule has 0 aliphatic heterocycles. The average molecular weight is 220 g/mol. The summed E-state index contributed by atoms with van der Waals surface area (Å²) in [5.74, 6) is -0.633. The summed E-state index contributed by atoms with van der Waals surface area (Å²) in [4.78, 5) is 16.5. The molecular formula is C6H6ClN3O4. The number of rotatable bonds is 3. The minimum atomic E-state index is -0.770. The summed E-state index contributed by atoms with van der Waals surface area (Å²) < 4.78 is 9.54. The van der Waals surface area contributed by atoms with Crippen molar-refractivity contribution in [2.24, 2.45) is 0 Å². The molecule has 1 rings (SSSR count). The van der Waals surface area contributed by atoms with Crippen molar-refractivity contribution in [3.63, 3.8) is 0 Å². The number of halogens is 1. The van der Waals surface area contributed by atoms with Crippen molar-refractivity contribution in [3.05, 3.63) is 15.3 Å². The van der Waals surface area contributed by atoms with Crippen LogP contribution in [0.15, 0.2) is 0 Å². The second-order valence-corrected chi connectivity index (χ2v) is 2.47. The minimum absolute atomic E-state index is 0.0692. The first-order valence-electron chi connectivity index (χ1n) is 3.40. The fourth-order valence-electron chi connectivity index (χ4n) is 0.785. The molecule has 0 aliphatic carbocycles. The van der Waals surface area contributed by atoms with Gasteiger partial charge in [0.25, 0.3) is 10.9 Å². The second kappa shape index (κ2) is 4.05. The molecule has 0 atom stereocenters. The van der Waals surface area contributed by atoms with Gasteiger partial charge in [0.2, 0.25) is 0 Å². The predicted molar refractivity (Wildman–Crippen MR) is 46.8 cm³/mol. The fraction of sp³-hybridized carbons (Fsp3) is 0.333. The third kappa shape index (κ3) is 1.82. The van der Waals surface area contributed by atoms with Gasteiger partial charge in [0.05, 0.1) is 14.2 Å². The number of nitro groups is 1. The normalized spacial score (nSPS) is 9.64. The lowest BCUT2D eigenvalue weighted by atomic mass is 10.5. The number of aromatic nitrogens is 2. The Hall–Kier alpha value is -1.63. The lowest BCUT2D eigenvalue weighted by Gasteiger charge is -2.02. The van der Waals surface area contributed by atoms with Gasteiger partial charge in [-0.2, -0.15) is 0 Å². The second-order valence-electron chi connectivity index (χ2n) is 2.11. The Balaban J connectivity index is 3.31. The molecule has 0 bridgehead atoms. The van der Waals surface area contributed by atoms with Gasteiger partial charge in [0.15, 0.2) is 0 Å². The predicted octanol–water partition coefficient (Wildman–Crippen LogP) is 1.06. The molecule has 0 saturated carbocycles. The Morgan fingerprint density at radius 3 is 2.43 bits per heavy atom. The van der Waals surface area contributed by atoms with Crippen LogP contribution in [-0.4, -0.2) is 29.1 Å². The maximum absolute atomic E-state index is 10.3. The molecule has 0 N–H and O–H groups in total. The Bertz CT molecular complexity index is 370. The van der Waals surface area contributed by atoms with E-state index in [-0.39, 0.29) is 16.8 Å². The Labute approximate surface area is 83.8 Å². The van der Waals surface area contributed by atoms with Gasteiger partial charge in [-0.25, -0.2) is 0 Å². The van der Waals surface area contributed by atoms with E-state index in [2.05, 4.69) is 9.97 Å². The maximum atomic E-state index is 10.3. The summed E-state index contributed by atoms with van der Waals surface area (Å²) in [5.41, 5.74) is 0. The van der Waals surface area contributed by atoms with Crippen LogP contribution in [0, 0.1) is 10.1 Å². The SMILES string of the molecule is COc1nc([N+](=O)[O-])nc(Cl)c1OC. The Kier molecular flexibility index (Phi) is 3.03. The highest BCUT2D eigenvalue weighted by Crippen LogP contribution is 2.32. The van der Waals surface area contributed by atoms with E-state index in [4.69, 9.17) is 21.1 Å². The third-order valence-corrected chi connectivity index (χ3v) is 1.60. The van der Waals surface area contributed by atoms with Gasteiger partial charge in [-0.3, -0.25) is 0 Å². The molecule has 1 heterocycles. The molecule has 0 amide bonds. The molecule has 0 spiro atoms. The van der Waals surface area contributed by atoms with Crippen LogP contribution < -0.4 is 9.47 Å². The standard InChI is InChI=1S/C6H6ClN3O4/c1-13-3-4(7)8-6(10(11)12)9-5(3)14-2/h1-2H3. The van der Waals surface area contributed by atoms with Gasteiger partial charge in [0, 0.05) is 0 Å². The highest BCUT2D eigenvalue weighted by Gasteiger charge is 2.23. The smallest absolute Gasteiger partial charge is 0.474 e. The van der Waals surface area contributed by atoms with E-state index < -0.39 is 10.9 Å². The Morgan fingerprint density at radius 2 is 2.00 bits per heavy atom. The summed E-state index contributed by atoms with van der Waals surface area (Å²) >= 11 is 5.60. The highest BCUT2D eigenvalue weighted by atomic mass is 35.5. The zero-order chi connectivity index (χ0) is 10.7. The van der Waals surface area contributed by atoms with Crippen LogP contribution in [0.25, 0.3) is 0 Å². The number of methoxy groups -OCH3 is 2. The van der Waals surface area contributed by atoms with Crippen molar-refractivity contribution in [3.8, 4) is 11.6 Å². The molecule has 14 heavy (non-hydrogen) atoms. The van der Waals surface area contributed by atoms with Crippen molar-refractivity contribution in [2.75, 3.05) is 14.2 Å². The molecule has 0 fully saturated rings. The largest absolute Gasteiger partial charge is 0.487 e. The van der Waals surface area contributed by atoms with Crippen LogP contribution in [0.2, 0.25) is 5.15 Å². The van der Waals surface area contributed by atoms with E-state index in [9.17, 15) is 10.1 Å². The molecule has 1 aromatic rings. The summed E-state index contributed by atoms with van der Waals surface area (Å²) in [6.07, 6.45) is 0. The molecule has 0 unspecified atom stereocenters. The first kappa shape index (κ1) is 10.5. The quantitative estimate of drug-likeness (QED) is 0.429. The van der Waals surface area contributed by atoms with E-state index in [0.29, 0.717) is 0 Å². The molecule has 7 nitrogen and oxygen atoms in total. The van der Waals surface area contributed by atoms with Crippen molar-refractivity contribution < 1.29 is 14.4 Å². The first-order chi connectivity index (χ1) is 6.60. The summed E-state index contributed by atoms with van der Waals surface area (Å²) in [6.45, 7) is 0. The Morgan fingerprint density at radius 1 is 1.36 bits per heavy atom. The van der Waals surface area contributed by atoms with Crippen molar-refractivity contribution in [1.82, 2.24) is 9.97 Å². The molecule has 8 heteroatoms. The molecule has 0 aliphatic rings. The summed E-state index contributed by atoms with van der Waals surface area (Å²) in [6, 6.07) is 0. The monoisotopic (exact) mass is 219 g/mol. The van der Waals surface area contributed by atoms with Gasteiger partial charge in [-0.1, -0.05) is 0 Å². The van der Waals surface area contributed by atoms with E-state index >= 15 is 0 Å². The molecule has 0 aromatic carbocycles. The van der Waals surface area contributed by atoms with Gasteiger partial charge in [-0.05, 0) is 26.5 Å².